The summed E-state index contributed by atoms with van der Waals surface area (Å²) in [6.45, 7) is 6.88. The minimum absolute atomic E-state index is 0.0164. The van der Waals surface area contributed by atoms with Crippen molar-refractivity contribution in [2.75, 3.05) is 19.7 Å². The van der Waals surface area contributed by atoms with Crippen molar-refractivity contribution in [3.63, 3.8) is 0 Å². The molecular formula is C18H28N2O3. The lowest BCUT2D eigenvalue weighted by atomic mass is 10.0. The molecule has 0 heterocycles. The van der Waals surface area contributed by atoms with Crippen molar-refractivity contribution in [3.05, 3.63) is 29.8 Å². The zero-order valence-corrected chi connectivity index (χ0v) is 14.4. The number of para-hydroxylation sites is 1. The normalized spacial score (nSPS) is 10.4. The average molecular weight is 320 g/mol. The van der Waals surface area contributed by atoms with Gasteiger partial charge in [0, 0.05) is 19.0 Å². The van der Waals surface area contributed by atoms with E-state index in [2.05, 4.69) is 10.6 Å². The summed E-state index contributed by atoms with van der Waals surface area (Å²) >= 11 is 0. The fourth-order valence-corrected chi connectivity index (χ4v) is 2.32. The van der Waals surface area contributed by atoms with E-state index in [1.54, 1.807) is 0 Å². The van der Waals surface area contributed by atoms with Crippen LogP contribution in [0, 0.1) is 5.92 Å². The van der Waals surface area contributed by atoms with Gasteiger partial charge in [-0.1, -0.05) is 39.0 Å². The van der Waals surface area contributed by atoms with Gasteiger partial charge in [-0.3, -0.25) is 9.59 Å². The molecule has 5 heteroatoms. The monoisotopic (exact) mass is 320 g/mol. The highest BCUT2D eigenvalue weighted by Gasteiger charge is 2.13. The van der Waals surface area contributed by atoms with Crippen LogP contribution in [-0.4, -0.2) is 31.5 Å². The maximum absolute atomic E-state index is 11.8. The number of benzene rings is 1. The van der Waals surface area contributed by atoms with Gasteiger partial charge in [-0.15, -0.1) is 0 Å². The number of hydrogen-bond acceptors (Lipinski definition) is 3. The van der Waals surface area contributed by atoms with Crippen LogP contribution >= 0.6 is 0 Å². The van der Waals surface area contributed by atoms with Crippen LogP contribution in [0.5, 0.6) is 5.75 Å². The fourth-order valence-electron chi connectivity index (χ4n) is 2.32. The highest BCUT2D eigenvalue weighted by atomic mass is 16.5. The van der Waals surface area contributed by atoms with E-state index < -0.39 is 0 Å². The first-order valence-electron chi connectivity index (χ1n) is 8.37. The number of carbonyl (C=O) groups is 2. The van der Waals surface area contributed by atoms with Gasteiger partial charge in [-0.05, 0) is 30.9 Å². The van der Waals surface area contributed by atoms with Gasteiger partial charge < -0.3 is 15.4 Å². The van der Waals surface area contributed by atoms with Crippen LogP contribution in [0.2, 0.25) is 0 Å². The number of carbonyl (C=O) groups excluding carboxylic acids is 2. The molecule has 0 fully saturated rings. The minimum Gasteiger partial charge on any atom is -0.483 e. The molecule has 5 nitrogen and oxygen atoms in total. The van der Waals surface area contributed by atoms with E-state index in [0.717, 1.165) is 30.6 Å². The van der Waals surface area contributed by atoms with Crippen LogP contribution in [0.25, 0.3) is 0 Å². The second kappa shape index (κ2) is 10.6. The summed E-state index contributed by atoms with van der Waals surface area (Å²) in [5, 5.41) is 5.58. The molecule has 0 bridgehead atoms. The Labute approximate surface area is 138 Å². The molecule has 2 amide bonds. The lowest BCUT2D eigenvalue weighted by Gasteiger charge is -2.13. The molecular weight excluding hydrogens is 292 g/mol. The molecule has 1 aromatic rings. The Morgan fingerprint density at radius 2 is 1.70 bits per heavy atom. The van der Waals surface area contributed by atoms with Crippen LogP contribution in [0.4, 0.5) is 0 Å². The van der Waals surface area contributed by atoms with Gasteiger partial charge >= 0.3 is 0 Å². The highest BCUT2D eigenvalue weighted by molar-refractivity contribution is 5.79. The van der Waals surface area contributed by atoms with E-state index in [4.69, 9.17) is 4.74 Å². The SMILES string of the molecule is CCc1ccccc1OCC(=O)NCCNC(=O)C(CC)CC. The van der Waals surface area contributed by atoms with Gasteiger partial charge in [0.25, 0.3) is 5.91 Å². The van der Waals surface area contributed by atoms with Crippen molar-refractivity contribution in [2.24, 2.45) is 5.92 Å². The molecule has 0 spiro atoms. The molecule has 0 aliphatic rings. The first-order chi connectivity index (χ1) is 11.1. The smallest absolute Gasteiger partial charge is 0.258 e. The van der Waals surface area contributed by atoms with E-state index >= 15 is 0 Å². The van der Waals surface area contributed by atoms with Crippen molar-refractivity contribution in [3.8, 4) is 5.75 Å². The number of amides is 2. The van der Waals surface area contributed by atoms with Crippen LogP contribution in [0.1, 0.15) is 39.2 Å². The second-order valence-electron chi connectivity index (χ2n) is 5.40. The molecule has 2 N–H and O–H groups in total. The Morgan fingerprint density at radius 1 is 1.04 bits per heavy atom. The minimum atomic E-state index is -0.187. The Kier molecular flexibility index (Phi) is 8.80. The zero-order chi connectivity index (χ0) is 17.1. The maximum atomic E-state index is 11.8. The predicted octanol–water partition coefficient (Wildman–Crippen LogP) is 2.30. The molecule has 0 aliphatic carbocycles. The Balaban J connectivity index is 2.23. The summed E-state index contributed by atoms with van der Waals surface area (Å²) in [6.07, 6.45) is 2.53. The van der Waals surface area contributed by atoms with Crippen molar-refractivity contribution >= 4 is 11.8 Å². The van der Waals surface area contributed by atoms with Gasteiger partial charge in [0.1, 0.15) is 5.75 Å². The topological polar surface area (TPSA) is 67.4 Å². The van der Waals surface area contributed by atoms with E-state index in [9.17, 15) is 9.59 Å². The van der Waals surface area contributed by atoms with Crippen LogP contribution in [0.15, 0.2) is 24.3 Å². The van der Waals surface area contributed by atoms with Crippen LogP contribution < -0.4 is 15.4 Å². The third-order valence-corrected chi connectivity index (χ3v) is 3.82. The molecule has 0 aromatic heterocycles. The third-order valence-electron chi connectivity index (χ3n) is 3.82. The zero-order valence-electron chi connectivity index (χ0n) is 14.4. The highest BCUT2D eigenvalue weighted by Crippen LogP contribution is 2.17. The number of rotatable bonds is 10. The van der Waals surface area contributed by atoms with Crippen molar-refractivity contribution in [1.82, 2.24) is 10.6 Å². The Bertz CT molecular complexity index is 499. The Morgan fingerprint density at radius 3 is 2.35 bits per heavy atom. The predicted molar refractivity (Wildman–Crippen MR) is 91.4 cm³/mol. The van der Waals surface area contributed by atoms with E-state index in [-0.39, 0.29) is 24.3 Å². The quantitative estimate of drug-likeness (QED) is 0.650. The first kappa shape index (κ1) is 19.0. The number of aryl methyl sites for hydroxylation is 1. The summed E-state index contributed by atoms with van der Waals surface area (Å²) in [7, 11) is 0. The van der Waals surface area contributed by atoms with Gasteiger partial charge in [-0.2, -0.15) is 0 Å². The number of ether oxygens (including phenoxy) is 1. The van der Waals surface area contributed by atoms with Gasteiger partial charge in [-0.25, -0.2) is 0 Å². The summed E-state index contributed by atoms with van der Waals surface area (Å²) in [5.41, 5.74) is 1.08. The van der Waals surface area contributed by atoms with Crippen molar-refractivity contribution in [2.45, 2.75) is 40.0 Å². The van der Waals surface area contributed by atoms with Crippen LogP contribution in [-0.2, 0) is 16.0 Å². The van der Waals surface area contributed by atoms with Gasteiger partial charge in [0.15, 0.2) is 6.61 Å². The standard InChI is InChI=1S/C18H28N2O3/c1-4-14(5-2)18(22)20-12-11-19-17(21)13-23-16-10-8-7-9-15(16)6-3/h7-10,14H,4-6,11-13H2,1-3H3,(H,19,21)(H,20,22). The molecule has 0 radical (unpaired) electrons. The average Bonchev–Trinajstić information content (AvgIpc) is 2.58. The van der Waals surface area contributed by atoms with E-state index in [1.807, 2.05) is 45.0 Å². The summed E-state index contributed by atoms with van der Waals surface area (Å²) in [6, 6.07) is 7.69. The van der Waals surface area contributed by atoms with Crippen molar-refractivity contribution in [1.29, 1.82) is 0 Å². The lowest BCUT2D eigenvalue weighted by Crippen LogP contribution is -2.38. The molecule has 1 aromatic carbocycles. The lowest BCUT2D eigenvalue weighted by molar-refractivity contribution is -0.126. The summed E-state index contributed by atoms with van der Waals surface area (Å²) in [5.74, 6) is 0.664. The molecule has 0 saturated heterocycles. The molecule has 0 aliphatic heterocycles. The molecule has 128 valence electrons. The Hall–Kier alpha value is -2.04. The largest absolute Gasteiger partial charge is 0.483 e. The summed E-state index contributed by atoms with van der Waals surface area (Å²) in [4.78, 5) is 23.5. The molecule has 1 rings (SSSR count). The first-order valence-corrected chi connectivity index (χ1v) is 8.37. The molecule has 0 unspecified atom stereocenters. The summed E-state index contributed by atoms with van der Waals surface area (Å²) < 4.78 is 5.54. The fraction of sp³-hybridized carbons (Fsp3) is 0.556. The number of nitrogens with one attached hydrogen (secondary N) is 2. The molecule has 0 atom stereocenters. The number of hydrogen-bond donors (Lipinski definition) is 2. The van der Waals surface area contributed by atoms with Crippen molar-refractivity contribution < 1.29 is 14.3 Å². The molecule has 23 heavy (non-hydrogen) atoms. The third kappa shape index (κ3) is 6.72. The molecule has 0 saturated carbocycles. The van der Waals surface area contributed by atoms with E-state index in [1.165, 1.54) is 0 Å². The van der Waals surface area contributed by atoms with Crippen LogP contribution in [0.3, 0.4) is 0 Å². The van der Waals surface area contributed by atoms with E-state index in [0.29, 0.717) is 13.1 Å². The van der Waals surface area contributed by atoms with Gasteiger partial charge in [0.2, 0.25) is 5.91 Å². The maximum Gasteiger partial charge on any atom is 0.258 e. The second-order valence-corrected chi connectivity index (χ2v) is 5.40. The van der Waals surface area contributed by atoms with Gasteiger partial charge in [0.05, 0.1) is 0 Å².